The Morgan fingerprint density at radius 3 is 2.50 bits per heavy atom. The molecule has 1 saturated carbocycles. The molecule has 1 aliphatic carbocycles. The average molecular weight is 241 g/mol. The second-order valence-electron chi connectivity index (χ2n) is 4.16. The second-order valence-corrected chi connectivity index (χ2v) is 4.16. The first kappa shape index (κ1) is 13.0. The Labute approximate surface area is 102 Å². The molecule has 1 aromatic rings. The van der Waals surface area contributed by atoms with E-state index in [4.69, 9.17) is 5.73 Å². The molecule has 0 spiro atoms. The molecule has 4 heteroatoms. The highest BCUT2D eigenvalue weighted by Gasteiger charge is 2.26. The fourth-order valence-electron chi connectivity index (χ4n) is 1.84. The van der Waals surface area contributed by atoms with Crippen LogP contribution in [0.4, 0.5) is 0 Å². The number of nitrogens with one attached hydrogen (secondary N) is 1. The molecule has 0 heterocycles. The van der Waals surface area contributed by atoms with Crippen molar-refractivity contribution in [1.29, 1.82) is 0 Å². The van der Waals surface area contributed by atoms with Crippen molar-refractivity contribution < 1.29 is 4.79 Å². The van der Waals surface area contributed by atoms with E-state index in [9.17, 15) is 4.79 Å². The lowest BCUT2D eigenvalue weighted by molar-refractivity contribution is -0.121. The molecule has 1 aromatic carbocycles. The summed E-state index contributed by atoms with van der Waals surface area (Å²) >= 11 is 0. The van der Waals surface area contributed by atoms with Crippen molar-refractivity contribution in [1.82, 2.24) is 5.32 Å². The van der Waals surface area contributed by atoms with Crippen LogP contribution < -0.4 is 11.1 Å². The van der Waals surface area contributed by atoms with Crippen molar-refractivity contribution >= 4 is 18.3 Å². The first-order valence-corrected chi connectivity index (χ1v) is 5.33. The van der Waals surface area contributed by atoms with Crippen LogP contribution in [0.5, 0.6) is 0 Å². The van der Waals surface area contributed by atoms with Gasteiger partial charge in [0.2, 0.25) is 5.91 Å². The second kappa shape index (κ2) is 5.87. The summed E-state index contributed by atoms with van der Waals surface area (Å²) in [4.78, 5) is 11.6. The van der Waals surface area contributed by atoms with Crippen molar-refractivity contribution in [2.45, 2.75) is 31.3 Å². The van der Waals surface area contributed by atoms with Gasteiger partial charge in [0.05, 0.1) is 6.42 Å². The van der Waals surface area contributed by atoms with Gasteiger partial charge in [-0.05, 0) is 18.4 Å². The SMILES string of the molecule is Cl.N[C@H]1C[C@H](NC(=O)Cc2ccccc2)C1. The van der Waals surface area contributed by atoms with Gasteiger partial charge in [-0.1, -0.05) is 30.3 Å². The number of hydrogen-bond donors (Lipinski definition) is 2. The van der Waals surface area contributed by atoms with Gasteiger partial charge in [-0.15, -0.1) is 12.4 Å². The van der Waals surface area contributed by atoms with Crippen LogP contribution >= 0.6 is 12.4 Å². The van der Waals surface area contributed by atoms with E-state index in [1.807, 2.05) is 30.3 Å². The topological polar surface area (TPSA) is 55.1 Å². The average Bonchev–Trinajstić information content (AvgIpc) is 2.17. The molecule has 0 unspecified atom stereocenters. The molecule has 2 rings (SSSR count). The summed E-state index contributed by atoms with van der Waals surface area (Å²) in [6.45, 7) is 0. The molecule has 3 nitrogen and oxygen atoms in total. The summed E-state index contributed by atoms with van der Waals surface area (Å²) in [6, 6.07) is 10.4. The molecule has 16 heavy (non-hydrogen) atoms. The van der Waals surface area contributed by atoms with Gasteiger partial charge >= 0.3 is 0 Å². The van der Waals surface area contributed by atoms with Crippen molar-refractivity contribution in [3.8, 4) is 0 Å². The van der Waals surface area contributed by atoms with Gasteiger partial charge < -0.3 is 11.1 Å². The van der Waals surface area contributed by atoms with E-state index in [2.05, 4.69) is 5.32 Å². The highest BCUT2D eigenvalue weighted by atomic mass is 35.5. The van der Waals surface area contributed by atoms with E-state index in [1.165, 1.54) is 0 Å². The van der Waals surface area contributed by atoms with Gasteiger partial charge in [0.1, 0.15) is 0 Å². The molecule has 1 fully saturated rings. The molecule has 0 saturated heterocycles. The van der Waals surface area contributed by atoms with Crippen LogP contribution in [-0.2, 0) is 11.2 Å². The van der Waals surface area contributed by atoms with Crippen molar-refractivity contribution in [2.24, 2.45) is 5.73 Å². The number of benzene rings is 1. The van der Waals surface area contributed by atoms with Crippen molar-refractivity contribution in [2.75, 3.05) is 0 Å². The Kier molecular flexibility index (Phi) is 4.77. The highest BCUT2D eigenvalue weighted by molar-refractivity contribution is 5.85. The third-order valence-corrected chi connectivity index (χ3v) is 2.75. The molecule has 1 aliphatic rings. The van der Waals surface area contributed by atoms with Gasteiger partial charge in [-0.2, -0.15) is 0 Å². The Balaban J connectivity index is 0.00000128. The Hall–Kier alpha value is -1.06. The lowest BCUT2D eigenvalue weighted by atomic mass is 9.87. The van der Waals surface area contributed by atoms with Crippen molar-refractivity contribution in [3.63, 3.8) is 0 Å². The van der Waals surface area contributed by atoms with E-state index in [1.54, 1.807) is 0 Å². The fourth-order valence-corrected chi connectivity index (χ4v) is 1.84. The van der Waals surface area contributed by atoms with Crippen molar-refractivity contribution in [3.05, 3.63) is 35.9 Å². The molecule has 0 radical (unpaired) electrons. The number of carbonyl (C=O) groups excluding carboxylic acids is 1. The Bertz CT molecular complexity index is 336. The maximum absolute atomic E-state index is 11.6. The van der Waals surface area contributed by atoms with Crippen LogP contribution in [0, 0.1) is 0 Å². The maximum Gasteiger partial charge on any atom is 0.224 e. The minimum absolute atomic E-state index is 0. The monoisotopic (exact) mass is 240 g/mol. The van der Waals surface area contributed by atoms with Gasteiger partial charge in [-0.3, -0.25) is 4.79 Å². The number of rotatable bonds is 3. The van der Waals surface area contributed by atoms with E-state index < -0.39 is 0 Å². The fraction of sp³-hybridized carbons (Fsp3) is 0.417. The lowest BCUT2D eigenvalue weighted by Crippen LogP contribution is -2.50. The predicted molar refractivity (Wildman–Crippen MR) is 66.5 cm³/mol. The molecule has 0 aliphatic heterocycles. The van der Waals surface area contributed by atoms with Crippen LogP contribution in [0.2, 0.25) is 0 Å². The standard InChI is InChI=1S/C12H16N2O.ClH/c13-10-7-11(8-10)14-12(15)6-9-4-2-1-3-5-9;/h1-5,10-11H,6-8,13H2,(H,14,15);1H/t10-,11-;. The number of amides is 1. The van der Waals surface area contributed by atoms with Gasteiger partial charge in [0.15, 0.2) is 0 Å². The summed E-state index contributed by atoms with van der Waals surface area (Å²) in [5, 5.41) is 2.98. The quantitative estimate of drug-likeness (QED) is 0.836. The minimum Gasteiger partial charge on any atom is -0.353 e. The van der Waals surface area contributed by atoms with E-state index >= 15 is 0 Å². The van der Waals surface area contributed by atoms with Crippen LogP contribution in [0.1, 0.15) is 18.4 Å². The Morgan fingerprint density at radius 2 is 1.94 bits per heavy atom. The summed E-state index contributed by atoms with van der Waals surface area (Å²) in [6.07, 6.45) is 2.30. The zero-order valence-corrected chi connectivity index (χ0v) is 9.87. The number of hydrogen-bond acceptors (Lipinski definition) is 2. The molecule has 88 valence electrons. The normalized spacial score (nSPS) is 22.8. The number of carbonyl (C=O) groups is 1. The summed E-state index contributed by atoms with van der Waals surface area (Å²) in [5.41, 5.74) is 6.70. The first-order valence-electron chi connectivity index (χ1n) is 5.33. The van der Waals surface area contributed by atoms with Crippen LogP contribution in [-0.4, -0.2) is 18.0 Å². The minimum atomic E-state index is 0. The number of nitrogens with two attached hydrogens (primary N) is 1. The third-order valence-electron chi connectivity index (χ3n) is 2.75. The third kappa shape index (κ3) is 3.51. The van der Waals surface area contributed by atoms with Crippen LogP contribution in [0.25, 0.3) is 0 Å². The summed E-state index contributed by atoms with van der Waals surface area (Å²) in [5.74, 6) is 0.0955. The molecular weight excluding hydrogens is 224 g/mol. The van der Waals surface area contributed by atoms with Crippen LogP contribution in [0.15, 0.2) is 30.3 Å². The number of halogens is 1. The zero-order valence-electron chi connectivity index (χ0n) is 9.06. The van der Waals surface area contributed by atoms with Crippen LogP contribution in [0.3, 0.4) is 0 Å². The smallest absolute Gasteiger partial charge is 0.224 e. The van der Waals surface area contributed by atoms with E-state index in [-0.39, 0.29) is 24.4 Å². The zero-order chi connectivity index (χ0) is 10.7. The van der Waals surface area contributed by atoms with Gasteiger partial charge in [0, 0.05) is 12.1 Å². The molecule has 0 atom stereocenters. The highest BCUT2D eigenvalue weighted by Crippen LogP contribution is 2.17. The molecular formula is C12H17ClN2O. The van der Waals surface area contributed by atoms with Gasteiger partial charge in [-0.25, -0.2) is 0 Å². The molecule has 0 aromatic heterocycles. The predicted octanol–water partition coefficient (Wildman–Crippen LogP) is 1.26. The first-order chi connectivity index (χ1) is 7.24. The molecule has 1 amide bonds. The maximum atomic E-state index is 11.6. The molecule has 0 bridgehead atoms. The largest absolute Gasteiger partial charge is 0.353 e. The Morgan fingerprint density at radius 1 is 1.31 bits per heavy atom. The van der Waals surface area contributed by atoms with Gasteiger partial charge in [0.25, 0.3) is 0 Å². The summed E-state index contributed by atoms with van der Waals surface area (Å²) in [7, 11) is 0. The molecule has 3 N–H and O–H groups in total. The lowest BCUT2D eigenvalue weighted by Gasteiger charge is -2.32. The van der Waals surface area contributed by atoms with E-state index in [0.717, 1.165) is 18.4 Å². The summed E-state index contributed by atoms with van der Waals surface area (Å²) < 4.78 is 0. The van der Waals surface area contributed by atoms with E-state index in [0.29, 0.717) is 12.5 Å².